The van der Waals surface area contributed by atoms with Crippen LogP contribution in [0.2, 0.25) is 0 Å². The standard InChI is InChI=1S/C30H37N7O3/c1-22-7-3-4-8-25(22)35-15-17-36(18-16-35)26-11-10-23(19-24(26)33-30(40)27-20-31-21-34(27)2)29(39)32-12-6-14-37-13-5-9-28(37)38/h3-4,7-8,10-11,19-21H,5-6,9,12-18H2,1-2H3,(H,32,39)(H,33,40). The number of amides is 3. The molecule has 3 amide bonds. The summed E-state index contributed by atoms with van der Waals surface area (Å²) in [5, 5.41) is 5.99. The van der Waals surface area contributed by atoms with Gasteiger partial charge in [0.1, 0.15) is 5.69 Å². The Labute approximate surface area is 235 Å². The molecule has 2 N–H and O–H groups in total. The van der Waals surface area contributed by atoms with Crippen LogP contribution in [0.1, 0.15) is 45.7 Å². The zero-order valence-corrected chi connectivity index (χ0v) is 23.2. The van der Waals surface area contributed by atoms with Crippen molar-refractivity contribution in [2.24, 2.45) is 7.05 Å². The number of rotatable bonds is 9. The molecule has 2 saturated heterocycles. The minimum absolute atomic E-state index is 0.190. The molecule has 0 bridgehead atoms. The van der Waals surface area contributed by atoms with E-state index in [9.17, 15) is 14.4 Å². The Kier molecular flexibility index (Phi) is 8.33. The van der Waals surface area contributed by atoms with Crippen molar-refractivity contribution < 1.29 is 14.4 Å². The Morgan fingerprint density at radius 3 is 2.38 bits per heavy atom. The number of imidazole rings is 1. The molecule has 2 fully saturated rings. The van der Waals surface area contributed by atoms with E-state index in [2.05, 4.69) is 56.6 Å². The largest absolute Gasteiger partial charge is 0.368 e. The number of aromatic nitrogens is 2. The first-order valence-electron chi connectivity index (χ1n) is 13.9. The highest BCUT2D eigenvalue weighted by Gasteiger charge is 2.23. The van der Waals surface area contributed by atoms with Gasteiger partial charge in [-0.25, -0.2) is 4.98 Å². The average Bonchev–Trinajstić information content (AvgIpc) is 3.58. The molecule has 5 rings (SSSR count). The maximum Gasteiger partial charge on any atom is 0.273 e. The summed E-state index contributed by atoms with van der Waals surface area (Å²) in [4.78, 5) is 48.5. The van der Waals surface area contributed by atoms with Crippen molar-refractivity contribution in [2.45, 2.75) is 26.2 Å². The minimum atomic E-state index is -0.285. The molecule has 2 aliphatic heterocycles. The monoisotopic (exact) mass is 543 g/mol. The predicted molar refractivity (Wildman–Crippen MR) is 156 cm³/mol. The maximum absolute atomic E-state index is 13.1. The van der Waals surface area contributed by atoms with Crippen molar-refractivity contribution in [3.05, 3.63) is 71.8 Å². The van der Waals surface area contributed by atoms with Crippen LogP contribution in [-0.4, -0.2) is 78.0 Å². The molecule has 0 unspecified atom stereocenters. The SMILES string of the molecule is Cc1ccccc1N1CCN(c2ccc(C(=O)NCCCN3CCCC3=O)cc2NC(=O)c2cncn2C)CC1. The van der Waals surface area contributed by atoms with Gasteiger partial charge in [-0.15, -0.1) is 0 Å². The van der Waals surface area contributed by atoms with E-state index >= 15 is 0 Å². The van der Waals surface area contributed by atoms with Gasteiger partial charge in [-0.2, -0.15) is 0 Å². The normalized spacial score (nSPS) is 15.4. The molecule has 0 atom stereocenters. The van der Waals surface area contributed by atoms with Gasteiger partial charge < -0.3 is 29.9 Å². The molecule has 1 aromatic heterocycles. The Balaban J connectivity index is 1.29. The summed E-state index contributed by atoms with van der Waals surface area (Å²) < 4.78 is 1.66. The van der Waals surface area contributed by atoms with Crippen LogP contribution in [-0.2, 0) is 11.8 Å². The number of nitrogens with zero attached hydrogens (tertiary/aromatic N) is 5. The molecule has 210 valence electrons. The van der Waals surface area contributed by atoms with E-state index in [4.69, 9.17) is 0 Å². The van der Waals surface area contributed by atoms with Crippen molar-refractivity contribution in [3.63, 3.8) is 0 Å². The molecule has 0 aliphatic carbocycles. The van der Waals surface area contributed by atoms with E-state index in [1.54, 1.807) is 24.0 Å². The minimum Gasteiger partial charge on any atom is -0.368 e. The molecule has 40 heavy (non-hydrogen) atoms. The summed E-state index contributed by atoms with van der Waals surface area (Å²) in [6.45, 7) is 7.31. The van der Waals surface area contributed by atoms with E-state index in [-0.39, 0.29) is 17.7 Å². The van der Waals surface area contributed by atoms with E-state index in [0.29, 0.717) is 42.9 Å². The van der Waals surface area contributed by atoms with Crippen molar-refractivity contribution in [1.82, 2.24) is 19.8 Å². The molecule has 10 heteroatoms. The first-order valence-corrected chi connectivity index (χ1v) is 13.9. The lowest BCUT2D eigenvalue weighted by Gasteiger charge is -2.38. The molecular formula is C30H37N7O3. The average molecular weight is 544 g/mol. The molecule has 2 aliphatic rings. The summed E-state index contributed by atoms with van der Waals surface area (Å²) in [6, 6.07) is 13.9. The third-order valence-corrected chi connectivity index (χ3v) is 7.69. The summed E-state index contributed by atoms with van der Waals surface area (Å²) in [5.41, 5.74) is 4.87. The summed E-state index contributed by atoms with van der Waals surface area (Å²) in [5.74, 6) is -0.303. The molecule has 3 aromatic rings. The fourth-order valence-corrected chi connectivity index (χ4v) is 5.44. The van der Waals surface area contributed by atoms with Crippen molar-refractivity contribution >= 4 is 34.8 Å². The third-order valence-electron chi connectivity index (χ3n) is 7.69. The van der Waals surface area contributed by atoms with Gasteiger partial charge in [0.05, 0.1) is 23.9 Å². The Morgan fingerprint density at radius 2 is 1.70 bits per heavy atom. The zero-order valence-electron chi connectivity index (χ0n) is 23.2. The lowest BCUT2D eigenvalue weighted by molar-refractivity contribution is -0.127. The van der Waals surface area contributed by atoms with Crippen LogP contribution in [0.15, 0.2) is 55.0 Å². The summed E-state index contributed by atoms with van der Waals surface area (Å²) in [6.07, 6.45) is 5.33. The molecule has 10 nitrogen and oxygen atoms in total. The quantitative estimate of drug-likeness (QED) is 0.402. The summed E-state index contributed by atoms with van der Waals surface area (Å²) >= 11 is 0. The number of benzene rings is 2. The van der Waals surface area contributed by atoms with Crippen LogP contribution < -0.4 is 20.4 Å². The number of likely N-dealkylation sites (tertiary alicyclic amines) is 1. The highest BCUT2D eigenvalue weighted by molar-refractivity contribution is 6.06. The number of hydrogen-bond acceptors (Lipinski definition) is 6. The van der Waals surface area contributed by atoms with Gasteiger partial charge in [0.25, 0.3) is 11.8 Å². The topological polar surface area (TPSA) is 103 Å². The van der Waals surface area contributed by atoms with Crippen LogP contribution in [0.4, 0.5) is 17.1 Å². The van der Waals surface area contributed by atoms with Gasteiger partial charge in [0, 0.05) is 70.5 Å². The van der Waals surface area contributed by atoms with E-state index in [1.165, 1.54) is 17.4 Å². The molecule has 2 aromatic carbocycles. The fraction of sp³-hybridized carbons (Fsp3) is 0.400. The van der Waals surface area contributed by atoms with E-state index < -0.39 is 0 Å². The second kappa shape index (κ2) is 12.2. The van der Waals surface area contributed by atoms with Crippen molar-refractivity contribution in [1.29, 1.82) is 0 Å². The van der Waals surface area contributed by atoms with E-state index in [0.717, 1.165) is 44.8 Å². The molecule has 0 saturated carbocycles. The molecular weight excluding hydrogens is 506 g/mol. The Bertz CT molecular complexity index is 1380. The lowest BCUT2D eigenvalue weighted by Crippen LogP contribution is -2.47. The molecule has 0 spiro atoms. The van der Waals surface area contributed by atoms with Gasteiger partial charge in [-0.1, -0.05) is 18.2 Å². The number of anilines is 3. The fourth-order valence-electron chi connectivity index (χ4n) is 5.44. The Morgan fingerprint density at radius 1 is 0.950 bits per heavy atom. The van der Waals surface area contributed by atoms with Crippen LogP contribution >= 0.6 is 0 Å². The lowest BCUT2D eigenvalue weighted by atomic mass is 10.1. The Hall–Kier alpha value is -4.34. The van der Waals surface area contributed by atoms with Crippen molar-refractivity contribution in [2.75, 3.05) is 60.9 Å². The van der Waals surface area contributed by atoms with E-state index in [1.807, 2.05) is 17.0 Å². The second-order valence-electron chi connectivity index (χ2n) is 10.4. The molecule has 0 radical (unpaired) electrons. The highest BCUT2D eigenvalue weighted by atomic mass is 16.2. The van der Waals surface area contributed by atoms with Gasteiger partial charge in [-0.05, 0) is 49.6 Å². The van der Waals surface area contributed by atoms with Crippen LogP contribution in [0.5, 0.6) is 0 Å². The maximum atomic E-state index is 13.1. The number of hydrogen-bond donors (Lipinski definition) is 2. The highest BCUT2D eigenvalue weighted by Crippen LogP contribution is 2.30. The van der Waals surface area contributed by atoms with Crippen molar-refractivity contribution in [3.8, 4) is 0 Å². The van der Waals surface area contributed by atoms with Gasteiger partial charge in [0.15, 0.2) is 0 Å². The van der Waals surface area contributed by atoms with Crippen LogP contribution in [0.3, 0.4) is 0 Å². The molecule has 3 heterocycles. The number of nitrogens with one attached hydrogen (secondary N) is 2. The number of para-hydroxylation sites is 1. The van der Waals surface area contributed by atoms with Crippen LogP contribution in [0, 0.1) is 6.92 Å². The smallest absolute Gasteiger partial charge is 0.273 e. The van der Waals surface area contributed by atoms with Gasteiger partial charge in [-0.3, -0.25) is 14.4 Å². The number of carbonyl (C=O) groups excluding carboxylic acids is 3. The third kappa shape index (κ3) is 6.11. The number of piperazine rings is 1. The second-order valence-corrected chi connectivity index (χ2v) is 10.4. The zero-order chi connectivity index (χ0) is 28.1. The first kappa shape index (κ1) is 27.2. The number of aryl methyl sites for hydroxylation is 2. The van der Waals surface area contributed by atoms with Gasteiger partial charge >= 0.3 is 0 Å². The summed E-state index contributed by atoms with van der Waals surface area (Å²) in [7, 11) is 1.77. The number of carbonyl (C=O) groups is 3. The predicted octanol–water partition coefficient (Wildman–Crippen LogP) is 3.05. The van der Waals surface area contributed by atoms with Gasteiger partial charge in [0.2, 0.25) is 5.91 Å². The van der Waals surface area contributed by atoms with Crippen LogP contribution in [0.25, 0.3) is 0 Å². The first-order chi connectivity index (χ1) is 19.4.